The molecular weight excluding hydrogens is 671 g/mol. The molecule has 2 aliphatic rings. The van der Waals surface area contributed by atoms with Gasteiger partial charge in [0.2, 0.25) is 0 Å². The maximum Gasteiger partial charge on any atom is 0.113 e. The molecule has 53 heavy (non-hydrogen) atoms. The minimum atomic E-state index is -1.86. The minimum Gasteiger partial charge on any atom is -0.310 e. The second-order valence-electron chi connectivity index (χ2n) is 15.8. The van der Waals surface area contributed by atoms with Crippen molar-refractivity contribution in [1.82, 2.24) is 0 Å². The zero-order chi connectivity index (χ0) is 35.9. The third-order valence-corrected chi connectivity index (χ3v) is 19.2. The summed E-state index contributed by atoms with van der Waals surface area (Å²) in [6.07, 6.45) is 0. The summed E-state index contributed by atoms with van der Waals surface area (Å²) in [5.41, 5.74) is 14.1. The van der Waals surface area contributed by atoms with E-state index in [0.29, 0.717) is 0 Å². The van der Waals surface area contributed by atoms with E-state index in [2.05, 4.69) is 207 Å². The number of benzene rings is 8. The fourth-order valence-electron chi connectivity index (χ4n) is 9.16. The molecule has 0 N–H and O–H groups in total. The topological polar surface area (TPSA) is 3.24 Å². The number of hydrogen-bond acceptors (Lipinski definition) is 1. The molecule has 0 saturated carbocycles. The molecule has 0 aromatic heterocycles. The van der Waals surface area contributed by atoms with Crippen LogP contribution in [0.2, 0.25) is 26.2 Å². The van der Waals surface area contributed by atoms with Crippen LogP contribution in [0.1, 0.15) is 0 Å². The Bertz CT molecular complexity index is 2730. The molecule has 2 aliphatic heterocycles. The first-order valence-electron chi connectivity index (χ1n) is 18.8. The lowest BCUT2D eigenvalue weighted by Gasteiger charge is -2.28. The third-order valence-electron chi connectivity index (χ3n) is 12.1. The summed E-state index contributed by atoms with van der Waals surface area (Å²) in [6, 6.07) is 66.1. The van der Waals surface area contributed by atoms with Crippen molar-refractivity contribution in [2.75, 3.05) is 4.90 Å². The van der Waals surface area contributed by atoms with Gasteiger partial charge in [-0.2, -0.15) is 0 Å². The lowest BCUT2D eigenvalue weighted by Crippen LogP contribution is -2.49. The minimum absolute atomic E-state index is 1.17. The van der Waals surface area contributed by atoms with Crippen LogP contribution in [0.15, 0.2) is 176 Å². The molecule has 0 unspecified atom stereocenters. The Morgan fingerprint density at radius 1 is 0.302 bits per heavy atom. The van der Waals surface area contributed by atoms with E-state index in [1.165, 1.54) is 93.1 Å². The molecule has 3 heteroatoms. The van der Waals surface area contributed by atoms with Gasteiger partial charge in [-0.05, 0) is 125 Å². The van der Waals surface area contributed by atoms with E-state index in [1.54, 1.807) is 0 Å². The molecular formula is C50H41NSi2. The van der Waals surface area contributed by atoms with Crippen LogP contribution in [0.4, 0.5) is 17.1 Å². The van der Waals surface area contributed by atoms with Crippen LogP contribution in [0.25, 0.3) is 55.3 Å². The summed E-state index contributed by atoms with van der Waals surface area (Å²) >= 11 is 0. The van der Waals surface area contributed by atoms with Crippen LogP contribution in [-0.2, 0) is 0 Å². The Balaban J connectivity index is 1.07. The van der Waals surface area contributed by atoms with Gasteiger partial charge in [0.25, 0.3) is 0 Å². The van der Waals surface area contributed by atoms with Gasteiger partial charge >= 0.3 is 0 Å². The molecule has 0 fully saturated rings. The van der Waals surface area contributed by atoms with Gasteiger partial charge < -0.3 is 4.90 Å². The van der Waals surface area contributed by atoms with Crippen molar-refractivity contribution >= 4 is 64.7 Å². The van der Waals surface area contributed by atoms with Crippen LogP contribution in [0.3, 0.4) is 0 Å². The van der Waals surface area contributed by atoms with Gasteiger partial charge in [0.1, 0.15) is 16.1 Å². The summed E-state index contributed by atoms with van der Waals surface area (Å²) in [5.74, 6) is 0. The largest absolute Gasteiger partial charge is 0.310 e. The lowest BCUT2D eigenvalue weighted by atomic mass is 9.97. The third kappa shape index (κ3) is 5.03. The molecule has 0 saturated heterocycles. The fourth-order valence-corrected chi connectivity index (χ4v) is 15.3. The predicted octanol–water partition coefficient (Wildman–Crippen LogP) is 11.2. The van der Waals surface area contributed by atoms with Crippen molar-refractivity contribution < 1.29 is 0 Å². The highest BCUT2D eigenvalue weighted by Gasteiger charge is 2.39. The molecule has 0 spiro atoms. The molecule has 8 aromatic rings. The maximum atomic E-state index is 2.51. The standard InChI is InChI=1S/C50H41NSi2/c1-52(2)48-17-11-9-15-44(48)46-32-41(27-29-49(46)52)51(42-26-28-45-43-14-8-10-16-47(43)53(3,4)50(45)33-42)40-24-22-35(23-25-40)37-19-21-38-30-36(18-20-39(38)31-37)34-12-6-5-7-13-34/h5-33H,1-4H3. The normalized spacial score (nSPS) is 14.3. The highest BCUT2D eigenvalue weighted by molar-refractivity contribution is 7.04. The molecule has 8 aromatic carbocycles. The fraction of sp³-hybridized carbons (Fsp3) is 0.0800. The van der Waals surface area contributed by atoms with Gasteiger partial charge in [-0.1, -0.05) is 154 Å². The summed E-state index contributed by atoms with van der Waals surface area (Å²) in [6.45, 7) is 10.00. The van der Waals surface area contributed by atoms with Crippen molar-refractivity contribution in [2.45, 2.75) is 26.2 Å². The number of anilines is 3. The van der Waals surface area contributed by atoms with Crippen LogP contribution in [0, 0.1) is 0 Å². The second kappa shape index (κ2) is 11.9. The van der Waals surface area contributed by atoms with E-state index in [4.69, 9.17) is 0 Å². The van der Waals surface area contributed by atoms with E-state index in [1.807, 2.05) is 0 Å². The number of fused-ring (bicyclic) bond motifs is 7. The maximum absolute atomic E-state index is 2.51. The van der Waals surface area contributed by atoms with Gasteiger partial charge in [-0.15, -0.1) is 0 Å². The van der Waals surface area contributed by atoms with Gasteiger partial charge in [0.15, 0.2) is 0 Å². The molecule has 0 radical (unpaired) electrons. The van der Waals surface area contributed by atoms with Crippen molar-refractivity contribution in [3.63, 3.8) is 0 Å². The Morgan fingerprint density at radius 3 is 1.42 bits per heavy atom. The van der Waals surface area contributed by atoms with Crippen molar-refractivity contribution in [3.8, 4) is 44.5 Å². The summed E-state index contributed by atoms with van der Waals surface area (Å²) in [5, 5.41) is 8.64. The van der Waals surface area contributed by atoms with Crippen molar-refractivity contribution in [1.29, 1.82) is 0 Å². The van der Waals surface area contributed by atoms with E-state index in [-0.39, 0.29) is 0 Å². The second-order valence-corrected chi connectivity index (χ2v) is 24.5. The first-order valence-corrected chi connectivity index (χ1v) is 24.8. The van der Waals surface area contributed by atoms with Crippen LogP contribution >= 0.6 is 0 Å². The Morgan fingerprint density at radius 2 is 0.755 bits per heavy atom. The summed E-state index contributed by atoms with van der Waals surface area (Å²) < 4.78 is 0. The van der Waals surface area contributed by atoms with Crippen LogP contribution in [0.5, 0.6) is 0 Å². The Labute approximate surface area is 314 Å². The van der Waals surface area contributed by atoms with Crippen molar-refractivity contribution in [3.05, 3.63) is 176 Å². The van der Waals surface area contributed by atoms with Gasteiger partial charge in [-0.25, -0.2) is 0 Å². The smallest absolute Gasteiger partial charge is 0.113 e. The van der Waals surface area contributed by atoms with Crippen molar-refractivity contribution in [2.24, 2.45) is 0 Å². The lowest BCUT2D eigenvalue weighted by molar-refractivity contribution is 1.29. The van der Waals surface area contributed by atoms with E-state index in [9.17, 15) is 0 Å². The molecule has 0 bridgehead atoms. The van der Waals surface area contributed by atoms with E-state index in [0.717, 1.165) is 0 Å². The highest BCUT2D eigenvalue weighted by atomic mass is 28.3. The summed E-state index contributed by atoms with van der Waals surface area (Å²) in [4.78, 5) is 2.48. The average molecular weight is 712 g/mol. The van der Waals surface area contributed by atoms with Gasteiger partial charge in [0.05, 0.1) is 0 Å². The zero-order valence-corrected chi connectivity index (χ0v) is 32.7. The number of nitrogens with zero attached hydrogens (tertiary/aromatic N) is 1. The van der Waals surface area contributed by atoms with Gasteiger partial charge in [0, 0.05) is 17.1 Å². The van der Waals surface area contributed by atoms with Crippen LogP contribution in [-0.4, -0.2) is 16.1 Å². The molecule has 10 rings (SSSR count). The molecule has 0 amide bonds. The molecule has 254 valence electrons. The number of rotatable bonds is 5. The Hall–Kier alpha value is -5.75. The first-order chi connectivity index (χ1) is 25.8. The number of hydrogen-bond donors (Lipinski definition) is 0. The molecule has 2 heterocycles. The average Bonchev–Trinajstić information content (AvgIpc) is 3.57. The molecule has 1 nitrogen and oxygen atoms in total. The van der Waals surface area contributed by atoms with E-state index >= 15 is 0 Å². The SMILES string of the molecule is C[Si]1(C)c2ccccc2-c2cc(N(c3ccc(-c4ccc5cc(-c6ccccc6)ccc5c4)cc3)c3ccc4c(c3)[Si](C)(C)c3ccccc3-4)ccc21. The Kier molecular flexibility index (Phi) is 7.17. The first kappa shape index (κ1) is 31.9. The highest BCUT2D eigenvalue weighted by Crippen LogP contribution is 2.41. The summed E-state index contributed by atoms with van der Waals surface area (Å²) in [7, 11) is -3.63. The predicted molar refractivity (Wildman–Crippen MR) is 234 cm³/mol. The quantitative estimate of drug-likeness (QED) is 0.161. The molecule has 0 atom stereocenters. The zero-order valence-electron chi connectivity index (χ0n) is 30.7. The van der Waals surface area contributed by atoms with Gasteiger partial charge in [-0.3, -0.25) is 0 Å². The van der Waals surface area contributed by atoms with Crippen LogP contribution < -0.4 is 25.6 Å². The van der Waals surface area contributed by atoms with E-state index < -0.39 is 16.1 Å². The molecule has 0 aliphatic carbocycles. The monoisotopic (exact) mass is 711 g/mol.